The quantitative estimate of drug-likeness (QED) is 0.614. The minimum atomic E-state index is 0.281. The van der Waals surface area contributed by atoms with Gasteiger partial charge in [-0.2, -0.15) is 5.26 Å². The molecule has 19 heavy (non-hydrogen) atoms. The first-order valence-electron chi connectivity index (χ1n) is 7.74. The predicted molar refractivity (Wildman–Crippen MR) is 77.6 cm³/mol. The second kappa shape index (κ2) is 7.37. The average Bonchev–Trinajstić information content (AvgIpc) is 2.74. The van der Waals surface area contributed by atoms with E-state index in [0.717, 1.165) is 51.3 Å². The molecule has 0 aromatic heterocycles. The third kappa shape index (κ3) is 4.41. The van der Waals surface area contributed by atoms with E-state index >= 15 is 0 Å². The van der Waals surface area contributed by atoms with Crippen LogP contribution in [0.25, 0.3) is 0 Å². The van der Waals surface area contributed by atoms with Crippen LogP contribution in [-0.4, -0.2) is 30.5 Å². The monoisotopic (exact) mass is 262 g/mol. The molecule has 0 unspecified atom stereocenters. The Balaban J connectivity index is 1.76. The zero-order valence-electron chi connectivity index (χ0n) is 11.9. The highest BCUT2D eigenvalue weighted by molar-refractivity contribution is 5.78. The van der Waals surface area contributed by atoms with Gasteiger partial charge in [0.2, 0.25) is 0 Å². The third-order valence-corrected chi connectivity index (χ3v) is 4.47. The molecule has 1 aliphatic carbocycles. The summed E-state index contributed by atoms with van der Waals surface area (Å²) in [6.07, 6.45) is 9.47. The van der Waals surface area contributed by atoms with E-state index in [0.29, 0.717) is 5.92 Å². The summed E-state index contributed by atoms with van der Waals surface area (Å²) in [5.41, 5.74) is 6.11. The van der Waals surface area contributed by atoms with E-state index in [9.17, 15) is 0 Å². The normalized spacial score (nSPS) is 29.6. The highest BCUT2D eigenvalue weighted by Gasteiger charge is 2.20. The van der Waals surface area contributed by atoms with Crippen molar-refractivity contribution in [1.29, 1.82) is 5.26 Å². The Morgan fingerprint density at radius 2 is 1.74 bits per heavy atom. The van der Waals surface area contributed by atoms with Crippen molar-refractivity contribution in [3.8, 4) is 6.07 Å². The van der Waals surface area contributed by atoms with E-state index < -0.39 is 0 Å². The van der Waals surface area contributed by atoms with Crippen molar-refractivity contribution in [3.05, 3.63) is 0 Å². The fraction of sp³-hybridized carbons (Fsp3) is 0.867. The van der Waals surface area contributed by atoms with Gasteiger partial charge in [0.1, 0.15) is 0 Å². The third-order valence-electron chi connectivity index (χ3n) is 4.47. The van der Waals surface area contributed by atoms with Crippen LogP contribution in [0.4, 0.5) is 0 Å². The molecule has 0 aromatic carbocycles. The zero-order valence-corrected chi connectivity index (χ0v) is 11.9. The number of likely N-dealkylation sites (tertiary alicyclic amines) is 1. The summed E-state index contributed by atoms with van der Waals surface area (Å²) in [6.45, 7) is 2.98. The molecule has 1 aliphatic heterocycles. The smallest absolute Gasteiger partial charge is 0.191 e. The molecular formula is C15H26N4. The highest BCUT2D eigenvalue weighted by atomic mass is 15.2. The molecule has 4 heteroatoms. The fourth-order valence-corrected chi connectivity index (χ4v) is 3.10. The Hall–Kier alpha value is -1.24. The van der Waals surface area contributed by atoms with Crippen LogP contribution in [0.15, 0.2) is 4.99 Å². The van der Waals surface area contributed by atoms with Crippen LogP contribution in [0.1, 0.15) is 51.4 Å². The van der Waals surface area contributed by atoms with Crippen LogP contribution < -0.4 is 5.73 Å². The molecule has 1 saturated heterocycles. The molecule has 0 amide bonds. The Morgan fingerprint density at radius 1 is 1.11 bits per heavy atom. The van der Waals surface area contributed by atoms with Gasteiger partial charge < -0.3 is 10.6 Å². The highest BCUT2D eigenvalue weighted by Crippen LogP contribution is 2.28. The molecular weight excluding hydrogens is 236 g/mol. The van der Waals surface area contributed by atoms with E-state index in [1.54, 1.807) is 0 Å². The molecule has 1 saturated carbocycles. The molecule has 0 aromatic rings. The molecule has 0 bridgehead atoms. The standard InChI is InChI=1S/C15H26N4/c16-11-13-5-7-14(8-6-13)12-18-15(17)19-9-3-1-2-4-10-19/h13-14H,1-10,12H2,(H2,17,18). The summed E-state index contributed by atoms with van der Waals surface area (Å²) in [6, 6.07) is 2.38. The van der Waals surface area contributed by atoms with Gasteiger partial charge in [-0.05, 0) is 44.4 Å². The summed E-state index contributed by atoms with van der Waals surface area (Å²) in [7, 11) is 0. The van der Waals surface area contributed by atoms with Gasteiger partial charge in [-0.25, -0.2) is 0 Å². The maximum Gasteiger partial charge on any atom is 0.191 e. The van der Waals surface area contributed by atoms with E-state index in [1.165, 1.54) is 25.7 Å². The van der Waals surface area contributed by atoms with Crippen LogP contribution in [0.5, 0.6) is 0 Å². The number of hydrogen-bond donors (Lipinski definition) is 1. The number of hydrogen-bond acceptors (Lipinski definition) is 2. The molecule has 2 rings (SSSR count). The summed E-state index contributed by atoms with van der Waals surface area (Å²) >= 11 is 0. The molecule has 4 nitrogen and oxygen atoms in total. The van der Waals surface area contributed by atoms with Crippen LogP contribution in [0, 0.1) is 23.2 Å². The molecule has 2 N–H and O–H groups in total. The van der Waals surface area contributed by atoms with Crippen molar-refractivity contribution in [2.75, 3.05) is 19.6 Å². The van der Waals surface area contributed by atoms with Gasteiger partial charge in [-0.3, -0.25) is 4.99 Å². The molecule has 2 aliphatic rings. The van der Waals surface area contributed by atoms with Gasteiger partial charge in [0.25, 0.3) is 0 Å². The lowest BCUT2D eigenvalue weighted by Gasteiger charge is -2.25. The number of guanidine groups is 1. The Morgan fingerprint density at radius 3 is 2.32 bits per heavy atom. The van der Waals surface area contributed by atoms with Gasteiger partial charge in [-0.15, -0.1) is 0 Å². The first-order chi connectivity index (χ1) is 9.29. The van der Waals surface area contributed by atoms with E-state index in [1.807, 2.05) is 0 Å². The Labute approximate surface area is 116 Å². The molecule has 2 fully saturated rings. The molecule has 106 valence electrons. The van der Waals surface area contributed by atoms with E-state index in [4.69, 9.17) is 11.0 Å². The van der Waals surface area contributed by atoms with Crippen molar-refractivity contribution in [2.24, 2.45) is 22.6 Å². The molecule has 1 heterocycles. The van der Waals surface area contributed by atoms with E-state index in [-0.39, 0.29) is 5.92 Å². The number of nitriles is 1. The maximum atomic E-state index is 8.89. The number of nitrogens with two attached hydrogens (primary N) is 1. The summed E-state index contributed by atoms with van der Waals surface area (Å²) in [4.78, 5) is 6.85. The maximum absolute atomic E-state index is 8.89. The minimum absolute atomic E-state index is 0.281. The van der Waals surface area contributed by atoms with Gasteiger partial charge in [-0.1, -0.05) is 12.8 Å². The lowest BCUT2D eigenvalue weighted by molar-refractivity contribution is 0.320. The summed E-state index contributed by atoms with van der Waals surface area (Å²) < 4.78 is 0. The second-order valence-corrected chi connectivity index (χ2v) is 5.95. The average molecular weight is 262 g/mol. The minimum Gasteiger partial charge on any atom is -0.370 e. The van der Waals surface area contributed by atoms with Crippen LogP contribution in [-0.2, 0) is 0 Å². The molecule has 0 radical (unpaired) electrons. The zero-order chi connectivity index (χ0) is 13.5. The van der Waals surface area contributed by atoms with Crippen molar-refractivity contribution in [2.45, 2.75) is 51.4 Å². The van der Waals surface area contributed by atoms with Gasteiger partial charge >= 0.3 is 0 Å². The van der Waals surface area contributed by atoms with Crippen LogP contribution >= 0.6 is 0 Å². The Kier molecular flexibility index (Phi) is 5.50. The summed E-state index contributed by atoms with van der Waals surface area (Å²) in [5, 5.41) is 8.89. The lowest BCUT2D eigenvalue weighted by atomic mass is 9.83. The predicted octanol–water partition coefficient (Wildman–Crippen LogP) is 2.51. The van der Waals surface area contributed by atoms with Crippen LogP contribution in [0.2, 0.25) is 0 Å². The number of rotatable bonds is 2. The van der Waals surface area contributed by atoms with Crippen LogP contribution in [0.3, 0.4) is 0 Å². The summed E-state index contributed by atoms with van der Waals surface area (Å²) in [5.74, 6) is 1.66. The first kappa shape index (κ1) is 14.2. The van der Waals surface area contributed by atoms with E-state index in [2.05, 4.69) is 16.0 Å². The van der Waals surface area contributed by atoms with Crippen molar-refractivity contribution < 1.29 is 0 Å². The largest absolute Gasteiger partial charge is 0.370 e. The lowest BCUT2D eigenvalue weighted by Crippen LogP contribution is -2.38. The number of nitrogens with zero attached hydrogens (tertiary/aromatic N) is 3. The van der Waals surface area contributed by atoms with Gasteiger partial charge in [0, 0.05) is 25.6 Å². The Bertz CT molecular complexity index is 329. The van der Waals surface area contributed by atoms with Gasteiger partial charge in [0.05, 0.1) is 6.07 Å². The SMILES string of the molecule is N#CC1CCC(CN=C(N)N2CCCCCC2)CC1. The molecule has 0 atom stereocenters. The van der Waals surface area contributed by atoms with Crippen molar-refractivity contribution in [3.63, 3.8) is 0 Å². The first-order valence-corrected chi connectivity index (χ1v) is 7.74. The fourth-order valence-electron chi connectivity index (χ4n) is 3.10. The topological polar surface area (TPSA) is 65.4 Å². The van der Waals surface area contributed by atoms with Gasteiger partial charge in [0.15, 0.2) is 5.96 Å². The van der Waals surface area contributed by atoms with Crippen molar-refractivity contribution >= 4 is 5.96 Å². The second-order valence-electron chi connectivity index (χ2n) is 5.95. The number of aliphatic imine (C=N–C) groups is 1. The van der Waals surface area contributed by atoms with Crippen molar-refractivity contribution in [1.82, 2.24) is 4.90 Å². The molecule has 0 spiro atoms.